The second-order valence-electron chi connectivity index (χ2n) is 8.06. The number of para-hydroxylation sites is 1. The third kappa shape index (κ3) is 4.73. The van der Waals surface area contributed by atoms with Crippen molar-refractivity contribution in [3.63, 3.8) is 0 Å². The van der Waals surface area contributed by atoms with Gasteiger partial charge in [0.05, 0.1) is 43.3 Å². The lowest BCUT2D eigenvalue weighted by Gasteiger charge is -2.40. The lowest BCUT2D eigenvalue weighted by molar-refractivity contribution is 0.0600. The monoisotopic (exact) mass is 455 g/mol. The van der Waals surface area contributed by atoms with Crippen molar-refractivity contribution in [1.29, 1.82) is 0 Å². The normalized spacial score (nSPS) is 13.3. The van der Waals surface area contributed by atoms with Crippen LogP contribution in [-0.2, 0) is 11.3 Å². The molecular formula is C27H25N3O4. The molecule has 0 unspecified atom stereocenters. The highest BCUT2D eigenvalue weighted by Gasteiger charge is 2.29. The number of pyridine rings is 1. The molecule has 34 heavy (non-hydrogen) atoms. The van der Waals surface area contributed by atoms with E-state index in [-0.39, 0.29) is 12.1 Å². The minimum Gasteiger partial charge on any atom is -0.487 e. The molecule has 7 heteroatoms. The molecule has 7 nitrogen and oxygen atoms in total. The summed E-state index contributed by atoms with van der Waals surface area (Å²) in [5, 5.41) is 0. The Hall–Kier alpha value is -4.26. The molecule has 1 saturated heterocycles. The van der Waals surface area contributed by atoms with E-state index in [4.69, 9.17) is 14.2 Å². The number of benzene rings is 2. The molecule has 0 saturated carbocycles. The van der Waals surface area contributed by atoms with E-state index in [9.17, 15) is 4.79 Å². The fourth-order valence-electron chi connectivity index (χ4n) is 3.93. The largest absolute Gasteiger partial charge is 0.487 e. The Morgan fingerprint density at radius 2 is 1.88 bits per heavy atom. The molecule has 1 aliphatic rings. The molecule has 3 heterocycles. The molecule has 1 fully saturated rings. The number of hydrogen-bond donors (Lipinski definition) is 0. The van der Waals surface area contributed by atoms with Gasteiger partial charge in [-0.15, -0.1) is 0 Å². The van der Waals surface area contributed by atoms with Crippen LogP contribution >= 0.6 is 0 Å². The van der Waals surface area contributed by atoms with Crippen LogP contribution in [0.3, 0.4) is 0 Å². The van der Waals surface area contributed by atoms with Crippen molar-refractivity contribution in [2.45, 2.75) is 12.7 Å². The molecule has 0 aliphatic carbocycles. The number of anilines is 1. The van der Waals surface area contributed by atoms with Crippen LogP contribution in [0.1, 0.15) is 15.9 Å². The summed E-state index contributed by atoms with van der Waals surface area (Å²) < 4.78 is 18.8. The number of carbonyl (C=O) groups is 1. The van der Waals surface area contributed by atoms with E-state index in [1.54, 1.807) is 18.5 Å². The van der Waals surface area contributed by atoms with Crippen molar-refractivity contribution in [1.82, 2.24) is 9.55 Å². The summed E-state index contributed by atoms with van der Waals surface area (Å²) >= 11 is 0. The molecule has 0 spiro atoms. The van der Waals surface area contributed by atoms with Gasteiger partial charge in [0.25, 0.3) is 0 Å². The van der Waals surface area contributed by atoms with Crippen molar-refractivity contribution in [3.8, 4) is 17.2 Å². The zero-order valence-corrected chi connectivity index (χ0v) is 18.8. The second kappa shape index (κ2) is 9.70. The minimum atomic E-state index is -0.351. The Balaban J connectivity index is 1.17. The molecule has 2 aromatic carbocycles. The highest BCUT2D eigenvalue weighted by molar-refractivity contribution is 5.93. The topological polar surface area (TPSA) is 65.8 Å². The molecule has 172 valence electrons. The van der Waals surface area contributed by atoms with Crippen molar-refractivity contribution in [3.05, 3.63) is 103 Å². The predicted octanol–water partition coefficient (Wildman–Crippen LogP) is 4.51. The van der Waals surface area contributed by atoms with Gasteiger partial charge >= 0.3 is 5.97 Å². The highest BCUT2D eigenvalue weighted by Crippen LogP contribution is 2.27. The van der Waals surface area contributed by atoms with Crippen molar-refractivity contribution >= 4 is 11.7 Å². The van der Waals surface area contributed by atoms with E-state index in [0.29, 0.717) is 12.2 Å². The van der Waals surface area contributed by atoms with Gasteiger partial charge in [0.2, 0.25) is 0 Å². The zero-order valence-electron chi connectivity index (χ0n) is 18.8. The second-order valence-corrected chi connectivity index (χ2v) is 8.06. The van der Waals surface area contributed by atoms with Crippen LogP contribution in [0.2, 0.25) is 0 Å². The first kappa shape index (κ1) is 21.6. The van der Waals surface area contributed by atoms with Crippen LogP contribution in [0, 0.1) is 0 Å². The molecule has 0 amide bonds. The average molecular weight is 456 g/mol. The Kier molecular flexibility index (Phi) is 6.16. The van der Waals surface area contributed by atoms with Gasteiger partial charge in [-0.05, 0) is 48.0 Å². The minimum absolute atomic E-state index is 0.111. The van der Waals surface area contributed by atoms with Crippen molar-refractivity contribution in [2.75, 3.05) is 25.1 Å². The van der Waals surface area contributed by atoms with Crippen LogP contribution in [0.15, 0.2) is 91.5 Å². The quantitative estimate of drug-likeness (QED) is 0.365. The fraction of sp³-hybridized carbons (Fsp3) is 0.185. The smallest absolute Gasteiger partial charge is 0.339 e. The van der Waals surface area contributed by atoms with E-state index in [0.717, 1.165) is 41.5 Å². The molecule has 0 N–H and O–H groups in total. The summed E-state index contributed by atoms with van der Waals surface area (Å²) in [5.41, 5.74) is 3.45. The van der Waals surface area contributed by atoms with E-state index < -0.39 is 0 Å². The maximum Gasteiger partial charge on any atom is 0.339 e. The molecular weight excluding hydrogens is 430 g/mol. The maximum atomic E-state index is 12.1. The first-order chi connectivity index (χ1) is 16.7. The zero-order chi connectivity index (χ0) is 23.3. The molecule has 4 aromatic rings. The van der Waals surface area contributed by atoms with E-state index in [1.165, 1.54) is 7.11 Å². The first-order valence-electron chi connectivity index (χ1n) is 11.1. The number of carbonyl (C=O) groups excluding carboxylic acids is 1. The Morgan fingerprint density at radius 3 is 2.71 bits per heavy atom. The number of aromatic nitrogens is 2. The van der Waals surface area contributed by atoms with Crippen molar-refractivity contribution in [2.24, 2.45) is 0 Å². The maximum absolute atomic E-state index is 12.1. The standard InChI is InChI=1S/C27H25N3O4/c1-32-27(31)25-9-2-3-10-26(25)29-13-11-21(16-29)30-17-24(18-30)34-22-7-4-6-20(14-22)19-33-23-8-5-12-28-15-23/h2-16,24H,17-19H2,1H3. The van der Waals surface area contributed by atoms with Crippen LogP contribution in [0.5, 0.6) is 11.5 Å². The highest BCUT2D eigenvalue weighted by atomic mass is 16.5. The number of esters is 1. The van der Waals surface area contributed by atoms with E-state index in [2.05, 4.69) is 9.88 Å². The molecule has 0 radical (unpaired) electrons. The van der Waals surface area contributed by atoms with Gasteiger partial charge in [0.1, 0.15) is 24.2 Å². The number of nitrogens with zero attached hydrogens (tertiary/aromatic N) is 3. The first-order valence-corrected chi connectivity index (χ1v) is 11.1. The molecule has 0 atom stereocenters. The summed E-state index contributed by atoms with van der Waals surface area (Å²) in [6.07, 6.45) is 7.51. The van der Waals surface area contributed by atoms with Crippen LogP contribution < -0.4 is 14.4 Å². The summed E-state index contributed by atoms with van der Waals surface area (Å²) in [7, 11) is 1.39. The SMILES string of the molecule is COC(=O)c1ccccc1-n1ccc(N2CC(Oc3cccc(COc4cccnc4)c3)C2)c1. The van der Waals surface area contributed by atoms with Gasteiger partial charge in [-0.2, -0.15) is 0 Å². The third-order valence-electron chi connectivity index (χ3n) is 5.72. The Labute approximate surface area is 198 Å². The fourth-order valence-corrected chi connectivity index (χ4v) is 3.93. The lowest BCUT2D eigenvalue weighted by Crippen LogP contribution is -2.53. The van der Waals surface area contributed by atoms with Gasteiger partial charge in [-0.3, -0.25) is 4.98 Å². The molecule has 2 aromatic heterocycles. The summed E-state index contributed by atoms with van der Waals surface area (Å²) in [6, 6.07) is 21.2. The van der Waals surface area contributed by atoms with Crippen LogP contribution in [0.25, 0.3) is 5.69 Å². The van der Waals surface area contributed by atoms with Gasteiger partial charge in [-0.25, -0.2) is 4.79 Å². The average Bonchev–Trinajstić information content (AvgIpc) is 3.34. The summed E-state index contributed by atoms with van der Waals surface area (Å²) in [6.45, 7) is 2.04. The van der Waals surface area contributed by atoms with Gasteiger partial charge in [0, 0.05) is 18.6 Å². The number of hydrogen-bond acceptors (Lipinski definition) is 6. The Morgan fingerprint density at radius 1 is 1.03 bits per heavy atom. The van der Waals surface area contributed by atoms with E-state index in [1.807, 2.05) is 77.6 Å². The predicted molar refractivity (Wildman–Crippen MR) is 129 cm³/mol. The van der Waals surface area contributed by atoms with Crippen molar-refractivity contribution < 1.29 is 19.0 Å². The number of rotatable bonds is 8. The third-order valence-corrected chi connectivity index (χ3v) is 5.72. The molecule has 1 aliphatic heterocycles. The van der Waals surface area contributed by atoms with Gasteiger partial charge < -0.3 is 23.7 Å². The number of ether oxygens (including phenoxy) is 3. The molecule has 5 rings (SSSR count). The summed E-state index contributed by atoms with van der Waals surface area (Å²) in [4.78, 5) is 18.4. The lowest BCUT2D eigenvalue weighted by atomic mass is 10.1. The van der Waals surface area contributed by atoms with Crippen LogP contribution in [-0.4, -0.2) is 41.8 Å². The van der Waals surface area contributed by atoms with Crippen LogP contribution in [0.4, 0.5) is 5.69 Å². The summed E-state index contributed by atoms with van der Waals surface area (Å²) in [5.74, 6) is 1.22. The van der Waals surface area contributed by atoms with E-state index >= 15 is 0 Å². The van der Waals surface area contributed by atoms with Gasteiger partial charge in [0.15, 0.2) is 0 Å². The number of methoxy groups -OCH3 is 1. The Bertz CT molecular complexity index is 1270. The molecule has 0 bridgehead atoms. The van der Waals surface area contributed by atoms with Gasteiger partial charge in [-0.1, -0.05) is 24.3 Å².